The number of aromatic nitrogens is 3. The zero-order valence-electron chi connectivity index (χ0n) is 15.3. The van der Waals surface area contributed by atoms with Crippen molar-refractivity contribution in [1.82, 2.24) is 15.0 Å². The molecular formula is C20H21N5O2. The van der Waals surface area contributed by atoms with Gasteiger partial charge in [0.15, 0.2) is 0 Å². The number of methoxy groups -OCH3 is 1. The summed E-state index contributed by atoms with van der Waals surface area (Å²) in [5.74, 6) is 0.897. The van der Waals surface area contributed by atoms with E-state index in [1.807, 2.05) is 30.1 Å². The summed E-state index contributed by atoms with van der Waals surface area (Å²) in [7, 11) is 3.32. The minimum Gasteiger partial charge on any atom is -0.465 e. The van der Waals surface area contributed by atoms with E-state index in [9.17, 15) is 4.79 Å². The summed E-state index contributed by atoms with van der Waals surface area (Å²) in [6, 6.07) is 12.9. The van der Waals surface area contributed by atoms with Crippen LogP contribution in [0.1, 0.15) is 15.9 Å². The van der Waals surface area contributed by atoms with Crippen LogP contribution in [0.4, 0.5) is 17.5 Å². The predicted molar refractivity (Wildman–Crippen MR) is 104 cm³/mol. The van der Waals surface area contributed by atoms with Gasteiger partial charge in [-0.3, -0.25) is 4.98 Å². The SMILES string of the molecule is COC(=O)c1cccc(Nc2ccnc(N(C)CCc3ccncc3)n2)c1. The Morgan fingerprint density at radius 1 is 1.15 bits per heavy atom. The molecular weight excluding hydrogens is 342 g/mol. The molecule has 0 amide bonds. The van der Waals surface area contributed by atoms with E-state index in [2.05, 4.69) is 20.3 Å². The van der Waals surface area contributed by atoms with Crippen LogP contribution >= 0.6 is 0 Å². The van der Waals surface area contributed by atoms with Gasteiger partial charge in [-0.15, -0.1) is 0 Å². The Bertz CT molecular complexity index is 902. The van der Waals surface area contributed by atoms with Gasteiger partial charge < -0.3 is 15.0 Å². The van der Waals surface area contributed by atoms with Crippen molar-refractivity contribution < 1.29 is 9.53 Å². The summed E-state index contributed by atoms with van der Waals surface area (Å²) < 4.78 is 4.75. The highest BCUT2D eigenvalue weighted by Gasteiger charge is 2.08. The van der Waals surface area contributed by atoms with Crippen molar-refractivity contribution in [2.75, 3.05) is 30.9 Å². The second kappa shape index (κ2) is 8.75. The number of nitrogens with one attached hydrogen (secondary N) is 1. The molecule has 0 aliphatic heterocycles. The normalized spacial score (nSPS) is 10.3. The summed E-state index contributed by atoms with van der Waals surface area (Å²) in [4.78, 5) is 26.6. The Morgan fingerprint density at radius 2 is 1.96 bits per heavy atom. The number of hydrogen-bond acceptors (Lipinski definition) is 7. The second-order valence-corrected chi connectivity index (χ2v) is 5.97. The van der Waals surface area contributed by atoms with Gasteiger partial charge in [0.2, 0.25) is 5.95 Å². The van der Waals surface area contributed by atoms with Crippen LogP contribution in [0.2, 0.25) is 0 Å². The van der Waals surface area contributed by atoms with Crippen molar-refractivity contribution >= 4 is 23.4 Å². The molecule has 3 rings (SSSR count). The molecule has 7 heteroatoms. The lowest BCUT2D eigenvalue weighted by atomic mass is 10.2. The number of nitrogens with zero attached hydrogens (tertiary/aromatic N) is 4. The average Bonchev–Trinajstić information content (AvgIpc) is 2.72. The number of ether oxygens (including phenoxy) is 1. The number of hydrogen-bond donors (Lipinski definition) is 1. The lowest BCUT2D eigenvalue weighted by Crippen LogP contribution is -2.22. The van der Waals surface area contributed by atoms with Gasteiger partial charge in [-0.25, -0.2) is 9.78 Å². The van der Waals surface area contributed by atoms with Gasteiger partial charge in [-0.05, 0) is 48.4 Å². The first-order valence-electron chi connectivity index (χ1n) is 8.54. The molecule has 0 aliphatic carbocycles. The minimum atomic E-state index is -0.377. The van der Waals surface area contributed by atoms with Crippen LogP contribution in [-0.2, 0) is 11.2 Å². The standard InChI is InChI=1S/C20H21N5O2/c1-25(13-9-15-6-10-21-11-7-15)20-22-12-8-18(24-20)23-17-5-3-4-16(14-17)19(26)27-2/h3-8,10-12,14H,9,13H2,1-2H3,(H,22,23,24). The highest BCUT2D eigenvalue weighted by atomic mass is 16.5. The molecule has 0 bridgehead atoms. The zero-order chi connectivity index (χ0) is 19.1. The summed E-state index contributed by atoms with van der Waals surface area (Å²) >= 11 is 0. The maximum atomic E-state index is 11.7. The Hall–Kier alpha value is -3.48. The van der Waals surface area contributed by atoms with Crippen molar-refractivity contribution in [2.45, 2.75) is 6.42 Å². The highest BCUT2D eigenvalue weighted by Crippen LogP contribution is 2.18. The predicted octanol–water partition coefficient (Wildman–Crippen LogP) is 3.08. The first-order valence-corrected chi connectivity index (χ1v) is 8.54. The molecule has 0 aliphatic rings. The van der Waals surface area contributed by atoms with E-state index in [0.717, 1.165) is 18.7 Å². The summed E-state index contributed by atoms with van der Waals surface area (Å²) in [5, 5.41) is 3.20. The van der Waals surface area contributed by atoms with Crippen LogP contribution in [0, 0.1) is 0 Å². The molecule has 1 aromatic carbocycles. The third-order valence-electron chi connectivity index (χ3n) is 4.03. The Labute approximate surface area is 158 Å². The van der Waals surface area contributed by atoms with Gasteiger partial charge in [-0.2, -0.15) is 4.98 Å². The van der Waals surface area contributed by atoms with Gasteiger partial charge in [0.25, 0.3) is 0 Å². The molecule has 0 atom stereocenters. The average molecular weight is 363 g/mol. The number of benzene rings is 1. The topological polar surface area (TPSA) is 80.2 Å². The second-order valence-electron chi connectivity index (χ2n) is 5.97. The van der Waals surface area contributed by atoms with Gasteiger partial charge in [0.05, 0.1) is 12.7 Å². The van der Waals surface area contributed by atoms with E-state index in [0.29, 0.717) is 17.3 Å². The van der Waals surface area contributed by atoms with Crippen molar-refractivity contribution in [3.05, 3.63) is 72.2 Å². The van der Waals surface area contributed by atoms with Gasteiger partial charge in [-0.1, -0.05) is 6.07 Å². The first-order chi connectivity index (χ1) is 13.2. The van der Waals surface area contributed by atoms with Gasteiger partial charge in [0.1, 0.15) is 5.82 Å². The van der Waals surface area contributed by atoms with Crippen molar-refractivity contribution in [1.29, 1.82) is 0 Å². The fraction of sp³-hybridized carbons (Fsp3) is 0.200. The zero-order valence-corrected chi connectivity index (χ0v) is 15.3. The highest BCUT2D eigenvalue weighted by molar-refractivity contribution is 5.90. The number of carbonyl (C=O) groups is 1. The van der Waals surface area contributed by atoms with Crippen LogP contribution in [0.15, 0.2) is 61.1 Å². The Morgan fingerprint density at radius 3 is 2.74 bits per heavy atom. The molecule has 0 fully saturated rings. The molecule has 0 spiro atoms. The molecule has 0 radical (unpaired) electrons. The van der Waals surface area contributed by atoms with E-state index in [1.165, 1.54) is 12.7 Å². The van der Waals surface area contributed by atoms with Crippen LogP contribution in [0.25, 0.3) is 0 Å². The third-order valence-corrected chi connectivity index (χ3v) is 4.03. The van der Waals surface area contributed by atoms with Crippen LogP contribution < -0.4 is 10.2 Å². The maximum Gasteiger partial charge on any atom is 0.337 e. The third kappa shape index (κ3) is 5.01. The van der Waals surface area contributed by atoms with Crippen LogP contribution in [-0.4, -0.2) is 41.6 Å². The minimum absolute atomic E-state index is 0.377. The lowest BCUT2D eigenvalue weighted by molar-refractivity contribution is 0.0601. The van der Waals surface area contributed by atoms with E-state index < -0.39 is 0 Å². The first kappa shape index (κ1) is 18.3. The van der Waals surface area contributed by atoms with E-state index in [1.54, 1.807) is 42.9 Å². The molecule has 3 aromatic rings. The Kier molecular flexibility index (Phi) is 5.94. The van der Waals surface area contributed by atoms with Crippen molar-refractivity contribution in [2.24, 2.45) is 0 Å². The fourth-order valence-electron chi connectivity index (χ4n) is 2.54. The molecule has 2 heterocycles. The summed E-state index contributed by atoms with van der Waals surface area (Å²) in [5.41, 5.74) is 2.44. The summed E-state index contributed by atoms with van der Waals surface area (Å²) in [6.45, 7) is 0.783. The van der Waals surface area contributed by atoms with E-state index in [-0.39, 0.29) is 5.97 Å². The number of rotatable bonds is 7. The Balaban J connectivity index is 1.67. The van der Waals surface area contributed by atoms with Gasteiger partial charge >= 0.3 is 5.97 Å². The maximum absolute atomic E-state index is 11.7. The molecule has 2 aromatic heterocycles. The molecule has 0 saturated heterocycles. The molecule has 0 unspecified atom stereocenters. The van der Waals surface area contributed by atoms with E-state index in [4.69, 9.17) is 4.74 Å². The van der Waals surface area contributed by atoms with E-state index >= 15 is 0 Å². The molecule has 0 saturated carbocycles. The lowest BCUT2D eigenvalue weighted by Gasteiger charge is -2.17. The monoisotopic (exact) mass is 363 g/mol. The van der Waals surface area contributed by atoms with Crippen molar-refractivity contribution in [3.8, 4) is 0 Å². The number of anilines is 3. The van der Waals surface area contributed by atoms with Crippen LogP contribution in [0.5, 0.6) is 0 Å². The van der Waals surface area contributed by atoms with Crippen molar-refractivity contribution in [3.63, 3.8) is 0 Å². The molecule has 27 heavy (non-hydrogen) atoms. The number of likely N-dealkylation sites (N-methyl/N-ethyl adjacent to an activating group) is 1. The summed E-state index contributed by atoms with van der Waals surface area (Å²) in [6.07, 6.45) is 6.16. The van der Waals surface area contributed by atoms with Crippen LogP contribution in [0.3, 0.4) is 0 Å². The van der Waals surface area contributed by atoms with Gasteiger partial charge in [0, 0.05) is 37.9 Å². The smallest absolute Gasteiger partial charge is 0.337 e. The molecule has 1 N–H and O–H groups in total. The molecule has 138 valence electrons. The number of esters is 1. The number of carbonyl (C=O) groups excluding carboxylic acids is 1. The number of pyridine rings is 1. The molecule has 7 nitrogen and oxygen atoms in total. The fourth-order valence-corrected chi connectivity index (χ4v) is 2.54. The quantitative estimate of drug-likeness (QED) is 0.646. The largest absolute Gasteiger partial charge is 0.465 e.